The molecule has 2 amide bonds. The minimum absolute atomic E-state index is 0.0898. The summed E-state index contributed by atoms with van der Waals surface area (Å²) in [6.45, 7) is 4.27. The first-order valence-electron chi connectivity index (χ1n) is 9.56. The third kappa shape index (κ3) is 3.80. The van der Waals surface area contributed by atoms with Gasteiger partial charge in [0, 0.05) is 13.0 Å². The predicted octanol–water partition coefficient (Wildman–Crippen LogP) is 3.30. The van der Waals surface area contributed by atoms with Crippen molar-refractivity contribution in [2.75, 3.05) is 13.7 Å². The molecule has 1 N–H and O–H groups in total. The van der Waals surface area contributed by atoms with Crippen molar-refractivity contribution in [3.63, 3.8) is 0 Å². The zero-order chi connectivity index (χ0) is 20.3. The molecule has 1 unspecified atom stereocenters. The molecule has 28 heavy (non-hydrogen) atoms. The van der Waals surface area contributed by atoms with Gasteiger partial charge in [-0.3, -0.25) is 14.5 Å². The summed E-state index contributed by atoms with van der Waals surface area (Å²) in [7, 11) is 1.60. The maximum Gasteiger partial charge on any atom is 0.236 e. The van der Waals surface area contributed by atoms with E-state index < -0.39 is 5.41 Å². The standard InChI is InChI=1S/C23H27NO4/c1-16(19-8-4-17(5-9-19)12-13-25)23(2)14-21(26)24(22(23)27)15-18-6-10-20(28-3)11-7-18/h4-11,16,25H,12-15H2,1-3H3/t16?,23-/m0/s1. The van der Waals surface area contributed by atoms with Gasteiger partial charge in [-0.1, -0.05) is 43.3 Å². The molecule has 0 aromatic heterocycles. The average molecular weight is 381 g/mol. The van der Waals surface area contributed by atoms with E-state index in [1.165, 1.54) is 4.90 Å². The summed E-state index contributed by atoms with van der Waals surface area (Å²) in [5.74, 6) is 0.395. The Morgan fingerprint density at radius 1 is 1.07 bits per heavy atom. The number of amides is 2. The Morgan fingerprint density at radius 2 is 1.68 bits per heavy atom. The highest BCUT2D eigenvalue weighted by Crippen LogP contribution is 2.45. The van der Waals surface area contributed by atoms with Crippen LogP contribution in [0.5, 0.6) is 5.75 Å². The van der Waals surface area contributed by atoms with E-state index in [9.17, 15) is 9.59 Å². The lowest BCUT2D eigenvalue weighted by Gasteiger charge is -2.29. The highest BCUT2D eigenvalue weighted by atomic mass is 16.5. The Bertz CT molecular complexity index is 844. The maximum atomic E-state index is 13.2. The predicted molar refractivity (Wildman–Crippen MR) is 107 cm³/mol. The summed E-state index contributed by atoms with van der Waals surface area (Å²) < 4.78 is 5.16. The topological polar surface area (TPSA) is 66.8 Å². The molecule has 0 bridgehead atoms. The normalized spacial score (nSPS) is 20.5. The Hall–Kier alpha value is -2.66. The highest BCUT2D eigenvalue weighted by Gasteiger charge is 2.51. The van der Waals surface area contributed by atoms with Crippen molar-refractivity contribution < 1.29 is 19.4 Å². The number of imide groups is 1. The zero-order valence-electron chi connectivity index (χ0n) is 16.6. The van der Waals surface area contributed by atoms with E-state index in [0.717, 1.165) is 22.4 Å². The highest BCUT2D eigenvalue weighted by molar-refractivity contribution is 6.06. The molecule has 2 aromatic carbocycles. The number of ether oxygens (including phenoxy) is 1. The molecule has 2 atom stereocenters. The second-order valence-corrected chi connectivity index (χ2v) is 7.66. The first-order chi connectivity index (χ1) is 13.4. The van der Waals surface area contributed by atoms with Crippen molar-refractivity contribution in [1.29, 1.82) is 0 Å². The summed E-state index contributed by atoms with van der Waals surface area (Å²) in [6, 6.07) is 15.3. The number of carbonyl (C=O) groups excluding carboxylic acids is 2. The van der Waals surface area contributed by atoms with Crippen molar-refractivity contribution in [2.24, 2.45) is 5.41 Å². The number of hydrogen-bond acceptors (Lipinski definition) is 4. The number of aliphatic hydroxyl groups is 1. The summed E-state index contributed by atoms with van der Waals surface area (Å²) in [6.07, 6.45) is 0.820. The molecule has 1 aliphatic heterocycles. The Balaban J connectivity index is 1.77. The first-order valence-corrected chi connectivity index (χ1v) is 9.56. The third-order valence-corrected chi connectivity index (χ3v) is 5.89. The van der Waals surface area contributed by atoms with Gasteiger partial charge in [0.2, 0.25) is 11.8 Å². The number of hydrogen-bond donors (Lipinski definition) is 1. The lowest BCUT2D eigenvalue weighted by Crippen LogP contribution is -2.36. The Morgan fingerprint density at radius 3 is 2.25 bits per heavy atom. The molecule has 148 valence electrons. The minimum atomic E-state index is -0.762. The molecule has 5 nitrogen and oxygen atoms in total. The monoisotopic (exact) mass is 381 g/mol. The molecule has 0 saturated carbocycles. The van der Waals surface area contributed by atoms with E-state index in [0.29, 0.717) is 6.42 Å². The molecule has 5 heteroatoms. The van der Waals surface area contributed by atoms with Crippen LogP contribution < -0.4 is 4.74 Å². The molecule has 2 aromatic rings. The van der Waals surface area contributed by atoms with E-state index in [-0.39, 0.29) is 37.3 Å². The number of benzene rings is 2. The van der Waals surface area contributed by atoms with Gasteiger partial charge in [-0.2, -0.15) is 0 Å². The molecule has 1 saturated heterocycles. The lowest BCUT2D eigenvalue weighted by molar-refractivity contribution is -0.142. The Labute approximate surface area is 165 Å². The van der Waals surface area contributed by atoms with Crippen LogP contribution in [-0.4, -0.2) is 35.5 Å². The van der Waals surface area contributed by atoms with Gasteiger partial charge in [-0.25, -0.2) is 0 Å². The van der Waals surface area contributed by atoms with E-state index in [1.54, 1.807) is 7.11 Å². The van der Waals surface area contributed by atoms with E-state index in [4.69, 9.17) is 9.84 Å². The average Bonchev–Trinajstić information content (AvgIpc) is 2.93. The number of rotatable bonds is 7. The summed E-state index contributed by atoms with van der Waals surface area (Å²) in [5.41, 5.74) is 2.21. The molecule has 1 heterocycles. The van der Waals surface area contributed by atoms with Gasteiger partial charge in [0.15, 0.2) is 0 Å². The fraction of sp³-hybridized carbons (Fsp3) is 0.391. The molecular weight excluding hydrogens is 354 g/mol. The molecule has 1 fully saturated rings. The van der Waals surface area contributed by atoms with Crippen LogP contribution >= 0.6 is 0 Å². The number of nitrogens with zero attached hydrogens (tertiary/aromatic N) is 1. The van der Waals surface area contributed by atoms with E-state index in [2.05, 4.69) is 0 Å². The van der Waals surface area contributed by atoms with Crippen LogP contribution in [0.15, 0.2) is 48.5 Å². The van der Waals surface area contributed by atoms with Gasteiger partial charge in [-0.05, 0) is 48.1 Å². The fourth-order valence-corrected chi connectivity index (χ4v) is 3.79. The van der Waals surface area contributed by atoms with Gasteiger partial charge in [0.05, 0.1) is 19.1 Å². The van der Waals surface area contributed by atoms with Crippen LogP contribution in [0.25, 0.3) is 0 Å². The SMILES string of the molecule is COc1ccc(CN2C(=O)C[C@@](C)(C(C)c3ccc(CCO)cc3)C2=O)cc1. The largest absolute Gasteiger partial charge is 0.497 e. The number of methoxy groups -OCH3 is 1. The van der Waals surface area contributed by atoms with Gasteiger partial charge >= 0.3 is 0 Å². The lowest BCUT2D eigenvalue weighted by atomic mass is 9.73. The molecule has 0 radical (unpaired) electrons. The second-order valence-electron chi connectivity index (χ2n) is 7.66. The van der Waals surface area contributed by atoms with Crippen LogP contribution in [0.3, 0.4) is 0 Å². The number of aliphatic hydroxyl groups excluding tert-OH is 1. The van der Waals surface area contributed by atoms with Crippen molar-refractivity contribution in [2.45, 2.75) is 39.2 Å². The second kappa shape index (κ2) is 8.15. The van der Waals surface area contributed by atoms with Crippen LogP contribution in [0, 0.1) is 5.41 Å². The molecular formula is C23H27NO4. The molecule has 0 spiro atoms. The van der Waals surface area contributed by atoms with Crippen molar-refractivity contribution in [3.05, 3.63) is 65.2 Å². The quantitative estimate of drug-likeness (QED) is 0.748. The number of carbonyl (C=O) groups is 2. The molecule has 1 aliphatic rings. The van der Waals surface area contributed by atoms with Crippen LogP contribution in [0.1, 0.15) is 42.9 Å². The van der Waals surface area contributed by atoms with Crippen molar-refractivity contribution >= 4 is 11.8 Å². The molecule has 0 aliphatic carbocycles. The van der Waals surface area contributed by atoms with E-state index >= 15 is 0 Å². The van der Waals surface area contributed by atoms with Gasteiger partial charge < -0.3 is 9.84 Å². The number of likely N-dealkylation sites (tertiary alicyclic amines) is 1. The first kappa shape index (κ1) is 20.1. The fourth-order valence-electron chi connectivity index (χ4n) is 3.79. The van der Waals surface area contributed by atoms with Gasteiger partial charge in [0.25, 0.3) is 0 Å². The molecule has 3 rings (SSSR count). The third-order valence-electron chi connectivity index (χ3n) is 5.89. The van der Waals surface area contributed by atoms with E-state index in [1.807, 2.05) is 62.4 Å². The van der Waals surface area contributed by atoms with Gasteiger partial charge in [-0.15, -0.1) is 0 Å². The van der Waals surface area contributed by atoms with Crippen molar-refractivity contribution in [1.82, 2.24) is 4.90 Å². The summed E-state index contributed by atoms with van der Waals surface area (Å²) >= 11 is 0. The Kier molecular flexibility index (Phi) is 5.84. The van der Waals surface area contributed by atoms with Crippen molar-refractivity contribution in [3.8, 4) is 5.75 Å². The summed E-state index contributed by atoms with van der Waals surface area (Å²) in [4.78, 5) is 27.2. The van der Waals surface area contributed by atoms with Gasteiger partial charge in [0.1, 0.15) is 5.75 Å². The van der Waals surface area contributed by atoms with Crippen LogP contribution in [-0.2, 0) is 22.6 Å². The zero-order valence-corrected chi connectivity index (χ0v) is 16.6. The maximum absolute atomic E-state index is 13.2. The van der Waals surface area contributed by atoms with Crippen LogP contribution in [0.4, 0.5) is 0 Å². The van der Waals surface area contributed by atoms with Crippen LogP contribution in [0.2, 0.25) is 0 Å². The summed E-state index contributed by atoms with van der Waals surface area (Å²) in [5, 5.41) is 9.06. The minimum Gasteiger partial charge on any atom is -0.497 e. The smallest absolute Gasteiger partial charge is 0.236 e.